The number of benzene rings is 3. The zero-order valence-electron chi connectivity index (χ0n) is 19.6. The van der Waals surface area contributed by atoms with Crippen molar-refractivity contribution in [2.24, 2.45) is 0 Å². The van der Waals surface area contributed by atoms with Crippen LogP contribution in [0.2, 0.25) is 0 Å². The molecule has 4 rings (SSSR count). The molecule has 2 amide bonds. The summed E-state index contributed by atoms with van der Waals surface area (Å²) in [4.78, 5) is 29.7. The van der Waals surface area contributed by atoms with Crippen LogP contribution in [-0.4, -0.2) is 34.7 Å². The molecule has 1 N–H and O–H groups in total. The Bertz CT molecular complexity index is 1160. The van der Waals surface area contributed by atoms with Crippen LogP contribution in [0, 0.1) is 5.82 Å². The first-order valence-corrected chi connectivity index (χ1v) is 11.8. The quantitative estimate of drug-likeness (QED) is 0.436. The van der Waals surface area contributed by atoms with Crippen molar-refractivity contribution >= 4 is 17.5 Å². The number of amides is 2. The maximum absolute atomic E-state index is 13.8. The fourth-order valence-electron chi connectivity index (χ4n) is 4.43. The van der Waals surface area contributed by atoms with Gasteiger partial charge in [0.2, 0.25) is 0 Å². The average molecular weight is 460 g/mol. The maximum Gasteiger partial charge on any atom is 0.256 e. The lowest BCUT2D eigenvalue weighted by atomic mass is 10.1. The van der Waals surface area contributed by atoms with Crippen molar-refractivity contribution < 1.29 is 14.0 Å². The first-order chi connectivity index (χ1) is 16.5. The molecule has 1 heterocycles. The minimum atomic E-state index is -0.398. The van der Waals surface area contributed by atoms with Gasteiger partial charge in [0.25, 0.3) is 11.8 Å². The Balaban J connectivity index is 1.56. The highest BCUT2D eigenvalue weighted by atomic mass is 19.1. The minimum absolute atomic E-state index is 0.0318. The van der Waals surface area contributed by atoms with Gasteiger partial charge in [0.15, 0.2) is 0 Å². The van der Waals surface area contributed by atoms with Gasteiger partial charge in [0.1, 0.15) is 12.0 Å². The fraction of sp³-hybridized carbons (Fsp3) is 0.286. The van der Waals surface area contributed by atoms with Crippen LogP contribution in [-0.2, 0) is 6.54 Å². The summed E-state index contributed by atoms with van der Waals surface area (Å²) in [7, 11) is 0. The number of nitrogens with zero attached hydrogens (tertiary/aromatic N) is 2. The Morgan fingerprint density at radius 2 is 1.68 bits per heavy atom. The third kappa shape index (κ3) is 4.96. The molecule has 0 aromatic heterocycles. The number of carbonyl (C=O) groups is 2. The zero-order valence-corrected chi connectivity index (χ0v) is 19.6. The molecule has 0 radical (unpaired) electrons. The van der Waals surface area contributed by atoms with E-state index in [1.54, 1.807) is 11.0 Å². The summed E-state index contributed by atoms with van der Waals surface area (Å²) >= 11 is 0. The van der Waals surface area contributed by atoms with Crippen molar-refractivity contribution in [2.45, 2.75) is 39.4 Å². The topological polar surface area (TPSA) is 52.7 Å². The third-order valence-corrected chi connectivity index (χ3v) is 6.01. The van der Waals surface area contributed by atoms with Crippen LogP contribution in [0.5, 0.6) is 0 Å². The predicted molar refractivity (Wildman–Crippen MR) is 132 cm³/mol. The van der Waals surface area contributed by atoms with E-state index < -0.39 is 6.17 Å². The number of fused-ring (bicyclic) bond motifs is 1. The largest absolute Gasteiger partial charge is 0.361 e. The summed E-state index contributed by atoms with van der Waals surface area (Å²) in [5.41, 5.74) is 3.68. The molecule has 0 bridgehead atoms. The first kappa shape index (κ1) is 23.5. The number of halogens is 1. The summed E-state index contributed by atoms with van der Waals surface area (Å²) in [6.07, 6.45) is 1.44. The predicted octanol–water partition coefficient (Wildman–Crippen LogP) is 5.85. The lowest BCUT2D eigenvalue weighted by Gasteiger charge is -2.27. The highest BCUT2D eigenvalue weighted by molar-refractivity contribution is 5.99. The number of anilines is 1. The fourth-order valence-corrected chi connectivity index (χ4v) is 4.43. The van der Waals surface area contributed by atoms with Gasteiger partial charge in [-0.15, -0.1) is 0 Å². The van der Waals surface area contributed by atoms with E-state index in [0.717, 1.165) is 42.7 Å². The van der Waals surface area contributed by atoms with Crippen LogP contribution < -0.4 is 5.32 Å². The summed E-state index contributed by atoms with van der Waals surface area (Å²) in [5.74, 6) is -0.394. The molecule has 34 heavy (non-hydrogen) atoms. The van der Waals surface area contributed by atoms with Crippen molar-refractivity contribution in [3.8, 4) is 0 Å². The Kier molecular flexibility index (Phi) is 7.26. The Labute approximate surface area is 200 Å². The number of hydrogen-bond acceptors (Lipinski definition) is 3. The van der Waals surface area contributed by atoms with Crippen LogP contribution in [0.25, 0.3) is 0 Å². The van der Waals surface area contributed by atoms with E-state index in [4.69, 9.17) is 0 Å². The smallest absolute Gasteiger partial charge is 0.256 e. The second-order valence-corrected chi connectivity index (χ2v) is 8.57. The highest BCUT2D eigenvalue weighted by Gasteiger charge is 2.36. The SMILES string of the molecule is CCCN(CCC)C(=O)c1ccc(NC2c3ccccc3C(=O)N2Cc2cccc(F)c2)cc1. The lowest BCUT2D eigenvalue weighted by molar-refractivity contribution is 0.0727. The Morgan fingerprint density at radius 1 is 0.971 bits per heavy atom. The second kappa shape index (κ2) is 10.5. The average Bonchev–Trinajstić information content (AvgIpc) is 3.10. The van der Waals surface area contributed by atoms with Gasteiger partial charge in [-0.2, -0.15) is 0 Å². The van der Waals surface area contributed by atoms with Crippen molar-refractivity contribution in [1.82, 2.24) is 9.80 Å². The van der Waals surface area contributed by atoms with Crippen LogP contribution >= 0.6 is 0 Å². The van der Waals surface area contributed by atoms with E-state index in [1.165, 1.54) is 12.1 Å². The number of nitrogens with one attached hydrogen (secondary N) is 1. The van der Waals surface area contributed by atoms with Crippen LogP contribution in [0.15, 0.2) is 72.8 Å². The zero-order chi connectivity index (χ0) is 24.1. The van der Waals surface area contributed by atoms with E-state index in [9.17, 15) is 14.0 Å². The molecule has 3 aromatic carbocycles. The van der Waals surface area contributed by atoms with Gasteiger partial charge >= 0.3 is 0 Å². The van der Waals surface area contributed by atoms with Gasteiger partial charge in [-0.25, -0.2) is 4.39 Å². The Morgan fingerprint density at radius 3 is 2.35 bits per heavy atom. The monoisotopic (exact) mass is 459 g/mol. The second-order valence-electron chi connectivity index (χ2n) is 8.57. The van der Waals surface area contributed by atoms with E-state index in [-0.39, 0.29) is 24.2 Å². The van der Waals surface area contributed by atoms with Crippen molar-refractivity contribution in [3.63, 3.8) is 0 Å². The standard InChI is InChI=1S/C28H30FN3O2/c1-3-16-31(17-4-2)27(33)21-12-14-23(15-13-21)30-26-24-10-5-6-11-25(24)28(34)32(26)19-20-8-7-9-22(29)18-20/h5-15,18,26,30H,3-4,16-17,19H2,1-2H3. The van der Waals surface area contributed by atoms with Crippen molar-refractivity contribution in [1.29, 1.82) is 0 Å². The molecule has 0 saturated heterocycles. The minimum Gasteiger partial charge on any atom is -0.361 e. The number of rotatable bonds is 9. The molecule has 0 fully saturated rings. The molecule has 0 aliphatic carbocycles. The molecule has 5 nitrogen and oxygen atoms in total. The summed E-state index contributed by atoms with van der Waals surface area (Å²) in [6, 6.07) is 21.2. The summed E-state index contributed by atoms with van der Waals surface area (Å²) in [5, 5.41) is 3.44. The number of hydrogen-bond donors (Lipinski definition) is 1. The van der Waals surface area contributed by atoms with Gasteiger partial charge in [-0.05, 0) is 60.9 Å². The molecule has 3 aromatic rings. The molecule has 1 aliphatic rings. The first-order valence-electron chi connectivity index (χ1n) is 11.8. The Hall–Kier alpha value is -3.67. The molecule has 1 aliphatic heterocycles. The van der Waals surface area contributed by atoms with E-state index in [2.05, 4.69) is 19.2 Å². The van der Waals surface area contributed by atoms with Gasteiger partial charge in [0.05, 0.1) is 0 Å². The molecule has 0 saturated carbocycles. The van der Waals surface area contributed by atoms with Crippen LogP contribution in [0.3, 0.4) is 0 Å². The van der Waals surface area contributed by atoms with E-state index >= 15 is 0 Å². The lowest BCUT2D eigenvalue weighted by Crippen LogP contribution is -2.32. The van der Waals surface area contributed by atoms with Gasteiger partial charge < -0.3 is 15.1 Å². The molecular formula is C28H30FN3O2. The van der Waals surface area contributed by atoms with Crippen molar-refractivity contribution in [3.05, 3.63) is 101 Å². The molecular weight excluding hydrogens is 429 g/mol. The van der Waals surface area contributed by atoms with E-state index in [1.807, 2.05) is 59.5 Å². The molecule has 176 valence electrons. The van der Waals surface area contributed by atoms with Gasteiger partial charge in [-0.3, -0.25) is 9.59 Å². The highest BCUT2D eigenvalue weighted by Crippen LogP contribution is 2.35. The van der Waals surface area contributed by atoms with Gasteiger partial charge in [-0.1, -0.05) is 44.2 Å². The van der Waals surface area contributed by atoms with E-state index in [0.29, 0.717) is 11.1 Å². The summed E-state index contributed by atoms with van der Waals surface area (Å²) in [6.45, 7) is 5.90. The molecule has 1 unspecified atom stereocenters. The molecule has 6 heteroatoms. The summed E-state index contributed by atoms with van der Waals surface area (Å²) < 4.78 is 13.8. The molecule has 0 spiro atoms. The normalized spacial score (nSPS) is 14.7. The molecule has 1 atom stereocenters. The van der Waals surface area contributed by atoms with Crippen molar-refractivity contribution in [2.75, 3.05) is 18.4 Å². The van der Waals surface area contributed by atoms with Crippen LogP contribution in [0.1, 0.15) is 64.7 Å². The van der Waals surface area contributed by atoms with Crippen LogP contribution in [0.4, 0.5) is 10.1 Å². The van der Waals surface area contributed by atoms with Gasteiger partial charge in [0, 0.05) is 42.0 Å². The maximum atomic E-state index is 13.8. The third-order valence-electron chi connectivity index (χ3n) is 6.01. The number of carbonyl (C=O) groups excluding carboxylic acids is 2.